The molecule has 1 aromatic heterocycles. The Morgan fingerprint density at radius 1 is 0.885 bits per heavy atom. The molecule has 2 heterocycles. The number of nitrogens with zero attached hydrogens (tertiary/aromatic N) is 2. The molecule has 1 aliphatic rings. The largest absolute Gasteiger partial charge is 0.354 e. The van der Waals surface area contributed by atoms with Gasteiger partial charge in [-0.05, 0) is 49.2 Å². The van der Waals surface area contributed by atoms with Crippen LogP contribution >= 0.6 is 0 Å². The number of nitrogens with one attached hydrogen (secondary N) is 2. The minimum atomic E-state index is -0.0976. The van der Waals surface area contributed by atoms with Crippen LogP contribution in [0.15, 0.2) is 42.6 Å². The van der Waals surface area contributed by atoms with Crippen molar-refractivity contribution < 1.29 is 9.59 Å². The van der Waals surface area contributed by atoms with Gasteiger partial charge in [0.2, 0.25) is 5.91 Å². The van der Waals surface area contributed by atoms with Gasteiger partial charge < -0.3 is 15.5 Å². The van der Waals surface area contributed by atoms with Gasteiger partial charge in [0.1, 0.15) is 5.69 Å². The fourth-order valence-corrected chi connectivity index (χ4v) is 3.04. The highest BCUT2D eigenvalue weighted by Crippen LogP contribution is 2.19. The van der Waals surface area contributed by atoms with Crippen LogP contribution in [0.4, 0.5) is 17.1 Å². The molecular formula is C20H24N4O2. The molecule has 0 radical (unpaired) electrons. The van der Waals surface area contributed by atoms with Gasteiger partial charge in [-0.3, -0.25) is 9.59 Å². The molecule has 3 rings (SSSR count). The minimum absolute atomic E-state index is 0.0121. The first-order chi connectivity index (χ1) is 12.6. The Labute approximate surface area is 153 Å². The van der Waals surface area contributed by atoms with E-state index in [9.17, 15) is 9.59 Å². The van der Waals surface area contributed by atoms with Crippen molar-refractivity contribution in [3.8, 4) is 0 Å². The zero-order valence-electron chi connectivity index (χ0n) is 15.0. The molecule has 0 spiro atoms. The van der Waals surface area contributed by atoms with E-state index >= 15 is 0 Å². The molecule has 0 saturated carbocycles. The van der Waals surface area contributed by atoms with E-state index in [1.165, 1.54) is 19.8 Å². The first-order valence-electron chi connectivity index (χ1n) is 9.02. The fourth-order valence-electron chi connectivity index (χ4n) is 3.04. The van der Waals surface area contributed by atoms with Crippen molar-refractivity contribution >= 4 is 28.9 Å². The maximum atomic E-state index is 12.6. The maximum Gasteiger partial charge on any atom is 0.272 e. The van der Waals surface area contributed by atoms with Crippen LogP contribution in [-0.2, 0) is 4.79 Å². The van der Waals surface area contributed by atoms with Crippen LogP contribution in [0.2, 0.25) is 0 Å². The molecule has 26 heavy (non-hydrogen) atoms. The zero-order chi connectivity index (χ0) is 18.4. The molecule has 1 aromatic carbocycles. The number of amides is 2. The van der Waals surface area contributed by atoms with Crippen LogP contribution in [0.3, 0.4) is 0 Å². The summed E-state index contributed by atoms with van der Waals surface area (Å²) in [6, 6.07) is 11.0. The third kappa shape index (κ3) is 4.81. The third-order valence-electron chi connectivity index (χ3n) is 4.37. The molecule has 2 amide bonds. The summed E-state index contributed by atoms with van der Waals surface area (Å²) >= 11 is 0. The zero-order valence-corrected chi connectivity index (χ0v) is 15.0. The van der Waals surface area contributed by atoms with Crippen LogP contribution in [0.1, 0.15) is 43.1 Å². The molecular weight excluding hydrogens is 328 g/mol. The molecule has 0 aliphatic carbocycles. The first-order valence-corrected chi connectivity index (χ1v) is 9.02. The topological polar surface area (TPSA) is 74.3 Å². The Kier molecular flexibility index (Phi) is 5.84. The maximum absolute atomic E-state index is 12.6. The van der Waals surface area contributed by atoms with Gasteiger partial charge in [-0.15, -0.1) is 0 Å². The van der Waals surface area contributed by atoms with Crippen molar-refractivity contribution in [2.75, 3.05) is 23.7 Å². The van der Waals surface area contributed by atoms with Gasteiger partial charge >= 0.3 is 0 Å². The summed E-state index contributed by atoms with van der Waals surface area (Å²) in [5, 5.41) is 5.97. The van der Waals surface area contributed by atoms with Crippen molar-refractivity contribution in [2.45, 2.75) is 32.6 Å². The molecule has 6 nitrogen and oxygen atoms in total. The van der Waals surface area contributed by atoms with Gasteiger partial charge in [0.25, 0.3) is 5.91 Å². The van der Waals surface area contributed by atoms with E-state index in [1.54, 1.807) is 12.3 Å². The fraction of sp³-hybridized carbons (Fsp3) is 0.350. The van der Waals surface area contributed by atoms with Gasteiger partial charge in [0.15, 0.2) is 0 Å². The summed E-state index contributed by atoms with van der Waals surface area (Å²) in [6.45, 7) is 3.12. The summed E-state index contributed by atoms with van der Waals surface area (Å²) in [4.78, 5) is 29.8. The Morgan fingerprint density at radius 2 is 1.50 bits per heavy atom. The lowest BCUT2D eigenvalue weighted by atomic mass is 10.2. The number of hydrogen-bond donors (Lipinski definition) is 2. The number of benzene rings is 1. The van der Waals surface area contributed by atoms with Crippen molar-refractivity contribution in [3.05, 3.63) is 48.3 Å². The van der Waals surface area contributed by atoms with Gasteiger partial charge in [-0.2, -0.15) is 0 Å². The molecule has 2 aromatic rings. The summed E-state index contributed by atoms with van der Waals surface area (Å²) < 4.78 is 0. The van der Waals surface area contributed by atoms with Crippen LogP contribution < -0.4 is 10.6 Å². The summed E-state index contributed by atoms with van der Waals surface area (Å²) in [6.07, 6.45) is 6.20. The van der Waals surface area contributed by atoms with Gasteiger partial charge in [-0.25, -0.2) is 4.98 Å². The Balaban J connectivity index is 1.62. The van der Waals surface area contributed by atoms with Crippen LogP contribution in [0.25, 0.3) is 0 Å². The van der Waals surface area contributed by atoms with E-state index in [4.69, 9.17) is 0 Å². The number of anilines is 3. The number of rotatable bonds is 4. The van der Waals surface area contributed by atoms with Gasteiger partial charge in [0.05, 0.1) is 11.9 Å². The van der Waals surface area contributed by atoms with Crippen LogP contribution in [0.5, 0.6) is 0 Å². The van der Waals surface area contributed by atoms with Gasteiger partial charge in [0, 0.05) is 31.4 Å². The van der Waals surface area contributed by atoms with E-state index in [0.29, 0.717) is 5.69 Å². The van der Waals surface area contributed by atoms with Crippen molar-refractivity contribution in [2.24, 2.45) is 0 Å². The molecule has 136 valence electrons. The number of carbonyl (C=O) groups is 2. The third-order valence-corrected chi connectivity index (χ3v) is 4.37. The summed E-state index contributed by atoms with van der Waals surface area (Å²) in [5.41, 5.74) is 2.93. The van der Waals surface area contributed by atoms with E-state index in [-0.39, 0.29) is 11.8 Å². The molecule has 2 N–H and O–H groups in total. The standard InChI is InChI=1S/C20H24N4O2/c1-15(25)22-16-6-8-17(9-7-16)23-18-10-11-19(21-14-18)20(26)24-12-4-2-3-5-13-24/h6-11,14,23H,2-5,12-13H2,1H3,(H,22,25). The summed E-state index contributed by atoms with van der Waals surface area (Å²) in [5.74, 6) is -0.0855. The Hall–Kier alpha value is -2.89. The number of aromatic nitrogens is 1. The lowest BCUT2D eigenvalue weighted by Gasteiger charge is -2.19. The average Bonchev–Trinajstić information content (AvgIpc) is 2.92. The number of pyridine rings is 1. The quantitative estimate of drug-likeness (QED) is 0.878. The second kappa shape index (κ2) is 8.47. The highest BCUT2D eigenvalue weighted by molar-refractivity contribution is 5.92. The second-order valence-electron chi connectivity index (χ2n) is 6.52. The molecule has 1 saturated heterocycles. The molecule has 1 fully saturated rings. The van der Waals surface area contributed by atoms with E-state index < -0.39 is 0 Å². The average molecular weight is 352 g/mol. The Bertz CT molecular complexity index is 748. The molecule has 0 atom stereocenters. The second-order valence-corrected chi connectivity index (χ2v) is 6.52. The molecule has 6 heteroatoms. The SMILES string of the molecule is CC(=O)Nc1ccc(Nc2ccc(C(=O)N3CCCCCC3)nc2)cc1. The van der Waals surface area contributed by atoms with Gasteiger partial charge in [-0.1, -0.05) is 12.8 Å². The van der Waals surface area contributed by atoms with Crippen molar-refractivity contribution in [3.63, 3.8) is 0 Å². The number of likely N-dealkylation sites (tertiary alicyclic amines) is 1. The lowest BCUT2D eigenvalue weighted by Crippen LogP contribution is -2.32. The molecule has 1 aliphatic heterocycles. The highest BCUT2D eigenvalue weighted by Gasteiger charge is 2.18. The van der Waals surface area contributed by atoms with Crippen molar-refractivity contribution in [1.29, 1.82) is 0 Å². The minimum Gasteiger partial charge on any atom is -0.354 e. The summed E-state index contributed by atoms with van der Waals surface area (Å²) in [7, 11) is 0. The lowest BCUT2D eigenvalue weighted by molar-refractivity contribution is -0.114. The monoisotopic (exact) mass is 352 g/mol. The molecule has 0 unspecified atom stereocenters. The van der Waals surface area contributed by atoms with Crippen LogP contribution in [0, 0.1) is 0 Å². The van der Waals surface area contributed by atoms with E-state index in [1.807, 2.05) is 35.2 Å². The van der Waals surface area contributed by atoms with Crippen molar-refractivity contribution in [1.82, 2.24) is 9.88 Å². The predicted molar refractivity (Wildman–Crippen MR) is 103 cm³/mol. The van der Waals surface area contributed by atoms with E-state index in [2.05, 4.69) is 15.6 Å². The number of carbonyl (C=O) groups excluding carboxylic acids is 2. The normalized spacial score (nSPS) is 14.4. The van der Waals surface area contributed by atoms with E-state index in [0.717, 1.165) is 43.0 Å². The molecule has 0 bridgehead atoms. The predicted octanol–water partition coefficient (Wildman–Crippen LogP) is 3.80. The highest BCUT2D eigenvalue weighted by atomic mass is 16.2. The Morgan fingerprint density at radius 3 is 2.08 bits per heavy atom. The van der Waals surface area contributed by atoms with Crippen LogP contribution in [-0.4, -0.2) is 34.8 Å². The first kappa shape index (κ1) is 17.9. The number of hydrogen-bond acceptors (Lipinski definition) is 4. The smallest absolute Gasteiger partial charge is 0.272 e.